The maximum absolute atomic E-state index is 4.63. The molecule has 0 saturated heterocycles. The summed E-state index contributed by atoms with van der Waals surface area (Å²) >= 11 is 0. The molecule has 0 heterocycles. The predicted octanol–water partition coefficient (Wildman–Crippen LogP) is 7.48. The van der Waals surface area contributed by atoms with E-state index in [1.807, 2.05) is 19.1 Å². The monoisotopic (exact) mass is 401 g/mol. The smallest absolute Gasteiger partial charge is 0.136 e. The largest absolute Gasteiger partial charge is 0.301 e. The molecule has 0 aromatic heterocycles. The van der Waals surface area contributed by atoms with E-state index in [1.165, 1.54) is 0 Å². The van der Waals surface area contributed by atoms with E-state index in [1.54, 1.807) is 47.8 Å². The molecule has 0 atom stereocenters. The van der Waals surface area contributed by atoms with Crippen molar-refractivity contribution in [2.45, 2.75) is 27.7 Å². The van der Waals surface area contributed by atoms with Crippen LogP contribution in [0.25, 0.3) is 0 Å². The lowest BCUT2D eigenvalue weighted by atomic mass is 9.90. The zero-order valence-corrected chi connectivity index (χ0v) is 19.0. The molecule has 30 heavy (non-hydrogen) atoms. The van der Waals surface area contributed by atoms with Gasteiger partial charge in [-0.15, -0.1) is 0 Å². The molecule has 0 unspecified atom stereocenters. The lowest BCUT2D eigenvalue weighted by Gasteiger charge is -2.23. The van der Waals surface area contributed by atoms with Crippen molar-refractivity contribution >= 4 is 11.5 Å². The van der Waals surface area contributed by atoms with E-state index in [-0.39, 0.29) is 5.41 Å². The first kappa shape index (κ1) is 26.5. The fraction of sp³-hybridized carbons (Fsp3) is 0.185. The summed E-state index contributed by atoms with van der Waals surface area (Å²) in [4.78, 5) is 11.0. The minimum Gasteiger partial charge on any atom is -0.301 e. The van der Waals surface area contributed by atoms with Gasteiger partial charge in [0.25, 0.3) is 0 Å². The molecule has 0 aliphatic carbocycles. The molecule has 0 aromatic rings. The fourth-order valence-corrected chi connectivity index (χ4v) is 2.25. The number of rotatable bonds is 11. The van der Waals surface area contributed by atoms with Gasteiger partial charge in [-0.25, -0.2) is 4.99 Å². The third-order valence-corrected chi connectivity index (χ3v) is 3.96. The molecule has 0 aliphatic heterocycles. The average molecular weight is 402 g/mol. The Bertz CT molecular complexity index is 862. The van der Waals surface area contributed by atoms with Gasteiger partial charge in [0.1, 0.15) is 5.84 Å². The summed E-state index contributed by atoms with van der Waals surface area (Å²) < 4.78 is 0. The summed E-state index contributed by atoms with van der Waals surface area (Å²) in [6.45, 7) is 35.4. The highest BCUT2D eigenvalue weighted by Crippen LogP contribution is 2.20. The predicted molar refractivity (Wildman–Crippen MR) is 136 cm³/mol. The van der Waals surface area contributed by atoms with Crippen LogP contribution >= 0.6 is 0 Å². The van der Waals surface area contributed by atoms with Crippen LogP contribution in [0.5, 0.6) is 0 Å². The van der Waals surface area contributed by atoms with Crippen molar-refractivity contribution in [2.75, 3.05) is 0 Å². The molecule has 0 rings (SSSR count). The molecule has 0 amide bonds. The maximum atomic E-state index is 4.63. The summed E-state index contributed by atoms with van der Waals surface area (Å²) in [7, 11) is 0. The third kappa shape index (κ3) is 8.27. The minimum absolute atomic E-state index is 0.132. The quantitative estimate of drug-likeness (QED) is 0.200. The summed E-state index contributed by atoms with van der Waals surface area (Å²) in [6.07, 6.45) is 15.5. The van der Waals surface area contributed by atoms with Gasteiger partial charge in [0.05, 0.1) is 11.9 Å². The summed E-state index contributed by atoms with van der Waals surface area (Å²) in [5, 5.41) is 0. The van der Waals surface area contributed by atoms with Crippen LogP contribution in [0.1, 0.15) is 27.7 Å². The van der Waals surface area contributed by atoms with Crippen molar-refractivity contribution in [1.29, 1.82) is 0 Å². The molecule has 0 spiro atoms. The molecule has 0 bridgehead atoms. The summed E-state index contributed by atoms with van der Waals surface area (Å²) in [6, 6.07) is 0. The van der Waals surface area contributed by atoms with Crippen LogP contribution in [0, 0.1) is 5.41 Å². The van der Waals surface area contributed by atoms with E-state index in [0.717, 1.165) is 28.1 Å². The minimum atomic E-state index is -0.132. The van der Waals surface area contributed by atoms with Gasteiger partial charge in [0.15, 0.2) is 0 Å². The van der Waals surface area contributed by atoms with Crippen LogP contribution in [-0.2, 0) is 0 Å². The maximum Gasteiger partial charge on any atom is 0.136 e. The lowest BCUT2D eigenvalue weighted by molar-refractivity contribution is 0.594. The second kappa shape index (κ2) is 12.9. The van der Waals surface area contributed by atoms with E-state index in [9.17, 15) is 0 Å². The number of aliphatic imine (C=N–C) groups is 2. The molecule has 0 N–H and O–H groups in total. The van der Waals surface area contributed by atoms with Crippen molar-refractivity contribution in [2.24, 2.45) is 15.4 Å². The average Bonchev–Trinajstić information content (AvgIpc) is 2.69. The van der Waals surface area contributed by atoms with Crippen molar-refractivity contribution in [3.05, 3.63) is 124 Å². The van der Waals surface area contributed by atoms with Gasteiger partial charge in [-0.3, -0.25) is 4.99 Å². The van der Waals surface area contributed by atoms with E-state index < -0.39 is 0 Å². The molecular weight excluding hydrogens is 366 g/mol. The van der Waals surface area contributed by atoms with Crippen LogP contribution in [0.3, 0.4) is 0 Å². The van der Waals surface area contributed by atoms with Gasteiger partial charge >= 0.3 is 0 Å². The molecule has 0 radical (unpaired) electrons. The van der Waals surface area contributed by atoms with Crippen LogP contribution in [-0.4, -0.2) is 16.4 Å². The van der Waals surface area contributed by atoms with Gasteiger partial charge in [-0.1, -0.05) is 91.1 Å². The van der Waals surface area contributed by atoms with E-state index in [0.29, 0.717) is 5.84 Å². The van der Waals surface area contributed by atoms with Crippen LogP contribution in [0.4, 0.5) is 0 Å². The lowest BCUT2D eigenvalue weighted by Crippen LogP contribution is -2.24. The van der Waals surface area contributed by atoms with Crippen molar-refractivity contribution in [3.8, 4) is 0 Å². The number of hydrogen-bond donors (Lipinski definition) is 0. The SMILES string of the molecule is C=C/C=C\C(=C\N=C(C=C)N(C=C)/C(=C/N=C(C=C)C(C)(C)C)C(=C)C)C(=C)C=C. The fourth-order valence-electron chi connectivity index (χ4n) is 2.25. The van der Waals surface area contributed by atoms with Crippen LogP contribution in [0.2, 0.25) is 0 Å². The molecule has 0 aliphatic rings. The Labute approximate surface area is 183 Å². The van der Waals surface area contributed by atoms with E-state index >= 15 is 0 Å². The Hall–Kier alpha value is -3.46. The molecular formula is C27H35N3. The molecule has 0 saturated carbocycles. The van der Waals surface area contributed by atoms with Crippen LogP contribution in [0.15, 0.2) is 134 Å². The molecule has 3 nitrogen and oxygen atoms in total. The molecule has 0 aromatic carbocycles. The van der Waals surface area contributed by atoms with Gasteiger partial charge in [0.2, 0.25) is 0 Å². The van der Waals surface area contributed by atoms with Crippen molar-refractivity contribution in [1.82, 2.24) is 4.90 Å². The first-order valence-electron chi connectivity index (χ1n) is 9.57. The number of allylic oxidation sites excluding steroid dienone is 8. The van der Waals surface area contributed by atoms with Gasteiger partial charge in [-0.05, 0) is 35.8 Å². The van der Waals surface area contributed by atoms with Crippen molar-refractivity contribution < 1.29 is 0 Å². The zero-order chi connectivity index (χ0) is 23.3. The van der Waals surface area contributed by atoms with E-state index in [4.69, 9.17) is 0 Å². The third-order valence-electron chi connectivity index (χ3n) is 3.96. The highest BCUT2D eigenvalue weighted by atomic mass is 15.2. The Morgan fingerprint density at radius 1 is 0.867 bits per heavy atom. The highest BCUT2D eigenvalue weighted by molar-refractivity contribution is 5.99. The Morgan fingerprint density at radius 2 is 1.50 bits per heavy atom. The summed E-state index contributed by atoms with van der Waals surface area (Å²) in [5.41, 5.74) is 3.82. The topological polar surface area (TPSA) is 28.0 Å². The van der Waals surface area contributed by atoms with Crippen LogP contribution < -0.4 is 0 Å². The number of hydrogen-bond acceptors (Lipinski definition) is 2. The second-order valence-corrected chi connectivity index (χ2v) is 7.42. The Balaban J connectivity index is 6.47. The summed E-state index contributed by atoms with van der Waals surface area (Å²) in [5.74, 6) is 0.562. The zero-order valence-electron chi connectivity index (χ0n) is 19.0. The Morgan fingerprint density at radius 3 is 1.90 bits per heavy atom. The number of nitrogens with zero attached hydrogens (tertiary/aromatic N) is 3. The molecule has 158 valence electrons. The van der Waals surface area contributed by atoms with E-state index in [2.05, 4.69) is 76.8 Å². The first-order valence-corrected chi connectivity index (χ1v) is 9.57. The number of amidine groups is 1. The normalized spacial score (nSPS) is 13.6. The second-order valence-electron chi connectivity index (χ2n) is 7.42. The highest BCUT2D eigenvalue weighted by Gasteiger charge is 2.16. The Kier molecular flexibility index (Phi) is 11.4. The molecule has 0 fully saturated rings. The first-order chi connectivity index (χ1) is 14.1. The standard InChI is InChI=1S/C27H35N3/c1-12-17-18-23(22(8)13-2)19-29-26(15-4)30(16-5)24(21(6)7)20-28-25(14-3)27(9,10)11/h12-20H,1-6,8H2,7,9-11H3/b18-17-,23-19-,24-20+,28-25?,29-26?. The van der Waals surface area contributed by atoms with Gasteiger partial charge < -0.3 is 4.90 Å². The van der Waals surface area contributed by atoms with Gasteiger partial charge in [-0.2, -0.15) is 0 Å². The molecule has 3 heteroatoms. The van der Waals surface area contributed by atoms with Gasteiger partial charge in [0, 0.05) is 23.5 Å². The van der Waals surface area contributed by atoms with Crippen molar-refractivity contribution in [3.63, 3.8) is 0 Å².